The summed E-state index contributed by atoms with van der Waals surface area (Å²) in [7, 11) is -4.10. The first-order valence-corrected chi connectivity index (χ1v) is 14.9. The molecule has 45 heavy (non-hydrogen) atoms. The van der Waals surface area contributed by atoms with Crippen molar-refractivity contribution in [1.29, 1.82) is 0 Å². The van der Waals surface area contributed by atoms with Gasteiger partial charge in [0.2, 0.25) is 11.9 Å². The first-order chi connectivity index (χ1) is 21.6. The minimum atomic E-state index is -4.10. The van der Waals surface area contributed by atoms with E-state index in [0.717, 1.165) is 12.4 Å². The van der Waals surface area contributed by atoms with Crippen molar-refractivity contribution in [3.05, 3.63) is 42.2 Å². The number of amides is 2. The van der Waals surface area contributed by atoms with Crippen LogP contribution in [0.1, 0.15) is 16.8 Å². The second-order valence-corrected chi connectivity index (χ2v) is 10.4. The van der Waals surface area contributed by atoms with Gasteiger partial charge in [0.15, 0.2) is 0 Å². The van der Waals surface area contributed by atoms with Crippen LogP contribution < -0.4 is 20.1 Å². The molecule has 0 radical (unpaired) electrons. The molecule has 0 aliphatic carbocycles. The van der Waals surface area contributed by atoms with E-state index < -0.39 is 34.5 Å². The molecule has 18 nitrogen and oxygen atoms in total. The predicted molar refractivity (Wildman–Crippen MR) is 153 cm³/mol. The second-order valence-electron chi connectivity index (χ2n) is 8.70. The van der Waals surface area contributed by atoms with Crippen LogP contribution in [-0.4, -0.2) is 125 Å². The summed E-state index contributed by atoms with van der Waals surface area (Å²) in [6, 6.07) is 5.46. The van der Waals surface area contributed by atoms with Crippen molar-refractivity contribution in [1.82, 2.24) is 20.6 Å². The van der Waals surface area contributed by atoms with E-state index >= 15 is 0 Å². The molecule has 1 heterocycles. The van der Waals surface area contributed by atoms with E-state index in [-0.39, 0.29) is 100 Å². The Bertz CT molecular complexity index is 1340. The van der Waals surface area contributed by atoms with Gasteiger partial charge in [-0.25, -0.2) is 27.9 Å². The molecule has 0 atom stereocenters. The Labute approximate surface area is 258 Å². The van der Waals surface area contributed by atoms with Crippen molar-refractivity contribution < 1.29 is 61.5 Å². The van der Waals surface area contributed by atoms with E-state index in [2.05, 4.69) is 25.3 Å². The average molecular weight is 658 g/mol. The number of benzene rings is 1. The maximum atomic E-state index is 12.7. The number of aliphatic carboxylic acids is 2. The van der Waals surface area contributed by atoms with E-state index in [4.69, 9.17) is 33.9 Å². The molecular weight excluding hydrogens is 622 g/mol. The summed E-state index contributed by atoms with van der Waals surface area (Å²) in [6.45, 7) is 0.761. The average Bonchev–Trinajstić information content (AvgIpc) is 2.99. The first-order valence-electron chi connectivity index (χ1n) is 13.4. The Hall–Kier alpha value is -4.43. The number of rotatable bonds is 24. The number of carboxylic acids is 2. The van der Waals surface area contributed by atoms with Crippen LogP contribution in [0.2, 0.25) is 0 Å². The van der Waals surface area contributed by atoms with Crippen molar-refractivity contribution in [3.63, 3.8) is 0 Å². The fourth-order valence-corrected chi connectivity index (χ4v) is 4.07. The Morgan fingerprint density at radius 3 is 2.02 bits per heavy atom. The van der Waals surface area contributed by atoms with E-state index in [0.29, 0.717) is 0 Å². The van der Waals surface area contributed by atoms with E-state index in [1.807, 2.05) is 0 Å². The molecule has 2 amide bonds. The number of aromatic nitrogens is 2. The number of anilines is 1. The van der Waals surface area contributed by atoms with Crippen LogP contribution in [0, 0.1) is 0 Å². The number of hydrogen-bond donors (Lipinski definition) is 5. The lowest BCUT2D eigenvalue weighted by Gasteiger charge is -2.10. The van der Waals surface area contributed by atoms with Crippen molar-refractivity contribution >= 4 is 39.7 Å². The zero-order chi connectivity index (χ0) is 32.9. The van der Waals surface area contributed by atoms with Gasteiger partial charge in [-0.15, -0.1) is 0 Å². The highest BCUT2D eigenvalue weighted by molar-refractivity contribution is 7.92. The summed E-state index contributed by atoms with van der Waals surface area (Å²) in [5.41, 5.74) is 0.0815. The van der Waals surface area contributed by atoms with Crippen LogP contribution in [0.5, 0.6) is 5.75 Å². The Kier molecular flexibility index (Phi) is 16.8. The summed E-state index contributed by atoms with van der Waals surface area (Å²) in [6.07, 6.45) is 2.05. The van der Waals surface area contributed by atoms with Crippen molar-refractivity contribution in [2.45, 2.75) is 11.3 Å². The third kappa shape index (κ3) is 16.3. The van der Waals surface area contributed by atoms with Gasteiger partial charge < -0.3 is 44.5 Å². The van der Waals surface area contributed by atoms with Crippen LogP contribution in [0.4, 0.5) is 5.95 Å². The zero-order valence-electron chi connectivity index (χ0n) is 24.1. The smallest absolute Gasteiger partial charge is 0.329 e. The number of nitrogens with one attached hydrogen (secondary N) is 3. The largest absolute Gasteiger partial charge is 0.493 e. The van der Waals surface area contributed by atoms with Gasteiger partial charge in [0, 0.05) is 31.5 Å². The van der Waals surface area contributed by atoms with E-state index in [1.54, 1.807) is 0 Å². The highest BCUT2D eigenvalue weighted by Gasteiger charge is 2.17. The highest BCUT2D eigenvalue weighted by Crippen LogP contribution is 2.19. The Balaban J connectivity index is 1.57. The molecule has 2 aromatic rings. The fourth-order valence-electron chi connectivity index (χ4n) is 3.08. The first kappa shape index (κ1) is 36.8. The molecule has 0 saturated carbocycles. The van der Waals surface area contributed by atoms with Crippen molar-refractivity contribution in [2.75, 3.05) is 77.3 Å². The number of carbonyl (C=O) groups is 4. The number of nitrogens with zero attached hydrogens (tertiary/aromatic N) is 2. The monoisotopic (exact) mass is 657 g/mol. The lowest BCUT2D eigenvalue weighted by Crippen LogP contribution is -2.31. The van der Waals surface area contributed by atoms with Gasteiger partial charge in [-0.3, -0.25) is 14.4 Å². The molecule has 0 bridgehead atoms. The quantitative estimate of drug-likeness (QED) is 0.0860. The normalized spacial score (nSPS) is 11.0. The zero-order valence-corrected chi connectivity index (χ0v) is 25.0. The predicted octanol–water partition coefficient (Wildman–Crippen LogP) is -0.872. The van der Waals surface area contributed by atoms with E-state index in [1.165, 1.54) is 24.3 Å². The highest BCUT2D eigenvalue weighted by atomic mass is 32.2. The summed E-state index contributed by atoms with van der Waals surface area (Å²) in [4.78, 5) is 52.5. The molecule has 19 heteroatoms. The number of hydrogen-bond acceptors (Lipinski definition) is 13. The lowest BCUT2D eigenvalue weighted by atomic mass is 10.3. The standard InChI is InChI=1S/C26H35N5O13S/c32-22(27-5-8-40-11-13-43-18-24(35)36)17-42-12-10-41-9-6-28-25(37)19-15-29-26(30-16-19)31-45(38,39)21-3-1-2-20(14-21)44-7-4-23(33)34/h1-3,14-16H,4-13,17-18H2,(H,27,32)(H,28,37)(H,33,34)(H,35,36)(H,29,30,31). The Morgan fingerprint density at radius 2 is 1.38 bits per heavy atom. The minimum absolute atomic E-state index is 0.0815. The molecule has 0 unspecified atom stereocenters. The van der Waals surface area contributed by atoms with Gasteiger partial charge in [-0.05, 0) is 12.1 Å². The minimum Gasteiger partial charge on any atom is -0.493 e. The topological polar surface area (TPSA) is 251 Å². The number of carboxylic acid groups (broad SMARTS) is 2. The van der Waals surface area contributed by atoms with Gasteiger partial charge in [-0.1, -0.05) is 6.07 Å². The molecule has 2 rings (SSSR count). The summed E-state index contributed by atoms with van der Waals surface area (Å²) in [5.74, 6) is -3.06. The number of sulfonamides is 1. The van der Waals surface area contributed by atoms with Crippen LogP contribution in [0.15, 0.2) is 41.6 Å². The summed E-state index contributed by atoms with van der Waals surface area (Å²) < 4.78 is 53.3. The molecular formula is C26H35N5O13S. The van der Waals surface area contributed by atoms with Crippen LogP contribution >= 0.6 is 0 Å². The second kappa shape index (κ2) is 20.5. The lowest BCUT2D eigenvalue weighted by molar-refractivity contribution is -0.143. The molecule has 1 aromatic heterocycles. The van der Waals surface area contributed by atoms with Crippen molar-refractivity contribution in [2.24, 2.45) is 0 Å². The Morgan fingerprint density at radius 1 is 0.756 bits per heavy atom. The van der Waals surface area contributed by atoms with E-state index in [9.17, 15) is 27.6 Å². The van der Waals surface area contributed by atoms with Gasteiger partial charge in [0.1, 0.15) is 19.0 Å². The van der Waals surface area contributed by atoms with Crippen molar-refractivity contribution in [3.8, 4) is 5.75 Å². The number of carbonyl (C=O) groups excluding carboxylic acids is 2. The van der Waals surface area contributed by atoms with Crippen LogP contribution in [0.3, 0.4) is 0 Å². The third-order valence-corrected chi connectivity index (χ3v) is 6.47. The molecule has 1 aromatic carbocycles. The molecule has 0 fully saturated rings. The molecule has 0 spiro atoms. The fraction of sp³-hybridized carbons (Fsp3) is 0.462. The van der Waals surface area contributed by atoms with Gasteiger partial charge in [0.05, 0.1) is 63.1 Å². The summed E-state index contributed by atoms with van der Waals surface area (Å²) >= 11 is 0. The van der Waals surface area contributed by atoms with Gasteiger partial charge in [0.25, 0.3) is 15.9 Å². The van der Waals surface area contributed by atoms with Gasteiger partial charge >= 0.3 is 11.9 Å². The van der Waals surface area contributed by atoms with Crippen LogP contribution in [0.25, 0.3) is 0 Å². The molecule has 0 aliphatic heterocycles. The third-order valence-electron chi connectivity index (χ3n) is 5.14. The molecule has 0 aliphatic rings. The molecule has 248 valence electrons. The maximum Gasteiger partial charge on any atom is 0.329 e. The molecule has 0 saturated heterocycles. The maximum absolute atomic E-state index is 12.7. The summed E-state index contributed by atoms with van der Waals surface area (Å²) in [5, 5.41) is 22.3. The molecule has 5 N–H and O–H groups in total. The van der Waals surface area contributed by atoms with Gasteiger partial charge in [-0.2, -0.15) is 0 Å². The SMILES string of the molecule is O=C(O)CCOc1cccc(S(=O)(=O)Nc2ncc(C(=O)NCCOCCOCC(=O)NCCOCCOCC(=O)O)cn2)c1. The number of ether oxygens (including phenoxy) is 5. The van der Waals surface area contributed by atoms with Crippen LogP contribution in [-0.2, 0) is 43.4 Å².